The molecular formula is C19H19N3O4. The number of benzene rings is 1. The molecule has 7 nitrogen and oxygen atoms in total. The fourth-order valence-electron chi connectivity index (χ4n) is 3.20. The van der Waals surface area contributed by atoms with Gasteiger partial charge in [-0.15, -0.1) is 0 Å². The number of aromatic amines is 1. The first-order chi connectivity index (χ1) is 12.7. The van der Waals surface area contributed by atoms with Crippen LogP contribution >= 0.6 is 0 Å². The molecule has 0 amide bonds. The third kappa shape index (κ3) is 3.07. The van der Waals surface area contributed by atoms with Gasteiger partial charge in [-0.3, -0.25) is 9.59 Å². The molecule has 1 aliphatic heterocycles. The first-order valence-corrected chi connectivity index (χ1v) is 8.50. The van der Waals surface area contributed by atoms with Crippen molar-refractivity contribution in [2.45, 2.75) is 19.6 Å². The van der Waals surface area contributed by atoms with Gasteiger partial charge in [0.15, 0.2) is 0 Å². The van der Waals surface area contributed by atoms with E-state index < -0.39 is 0 Å². The molecule has 0 aliphatic carbocycles. The van der Waals surface area contributed by atoms with Crippen molar-refractivity contribution in [1.82, 2.24) is 14.5 Å². The molecule has 0 saturated carbocycles. The van der Waals surface area contributed by atoms with Crippen LogP contribution in [0.3, 0.4) is 0 Å². The molecule has 1 atom stereocenters. The summed E-state index contributed by atoms with van der Waals surface area (Å²) in [4.78, 5) is 30.3. The SMILES string of the molecule is Cc1cc(-c2nc3cc(C=O)ccc3n2CC2COCCO2)c[nH]c1=O. The van der Waals surface area contributed by atoms with Crippen molar-refractivity contribution in [1.29, 1.82) is 0 Å². The third-order valence-corrected chi connectivity index (χ3v) is 4.53. The van der Waals surface area contributed by atoms with E-state index in [1.165, 1.54) is 0 Å². The normalized spacial score (nSPS) is 17.5. The fraction of sp³-hybridized carbons (Fsp3) is 0.316. The van der Waals surface area contributed by atoms with Crippen molar-refractivity contribution in [2.75, 3.05) is 19.8 Å². The van der Waals surface area contributed by atoms with Crippen molar-refractivity contribution in [3.05, 3.63) is 51.9 Å². The molecule has 3 heterocycles. The molecule has 26 heavy (non-hydrogen) atoms. The molecule has 0 bridgehead atoms. The highest BCUT2D eigenvalue weighted by molar-refractivity contribution is 5.87. The minimum atomic E-state index is -0.122. The molecule has 3 aromatic rings. The summed E-state index contributed by atoms with van der Waals surface area (Å²) in [5.41, 5.74) is 3.51. The number of nitrogens with zero attached hydrogens (tertiary/aromatic N) is 2. The molecule has 7 heteroatoms. The van der Waals surface area contributed by atoms with Crippen LogP contribution in [-0.4, -0.2) is 46.7 Å². The summed E-state index contributed by atoms with van der Waals surface area (Å²) in [5.74, 6) is 0.719. The number of hydrogen-bond donors (Lipinski definition) is 1. The number of aldehydes is 1. The van der Waals surface area contributed by atoms with E-state index in [-0.39, 0.29) is 11.7 Å². The zero-order chi connectivity index (χ0) is 18.1. The third-order valence-electron chi connectivity index (χ3n) is 4.53. The lowest BCUT2D eigenvalue weighted by molar-refractivity contribution is -0.0931. The summed E-state index contributed by atoms with van der Waals surface area (Å²) in [6.07, 6.45) is 2.39. The quantitative estimate of drug-likeness (QED) is 0.724. The van der Waals surface area contributed by atoms with Crippen LogP contribution < -0.4 is 5.56 Å². The predicted molar refractivity (Wildman–Crippen MR) is 96.5 cm³/mol. The number of nitrogens with one attached hydrogen (secondary N) is 1. The van der Waals surface area contributed by atoms with Gasteiger partial charge in [0.25, 0.3) is 5.56 Å². The van der Waals surface area contributed by atoms with Gasteiger partial charge in [-0.25, -0.2) is 4.98 Å². The van der Waals surface area contributed by atoms with E-state index in [4.69, 9.17) is 14.5 Å². The van der Waals surface area contributed by atoms with Crippen LogP contribution in [0, 0.1) is 6.92 Å². The highest BCUT2D eigenvalue weighted by atomic mass is 16.6. The van der Waals surface area contributed by atoms with Gasteiger partial charge in [-0.05, 0) is 31.2 Å². The monoisotopic (exact) mass is 353 g/mol. The van der Waals surface area contributed by atoms with E-state index in [0.717, 1.165) is 28.7 Å². The lowest BCUT2D eigenvalue weighted by atomic mass is 10.2. The predicted octanol–water partition coefficient (Wildman–Crippen LogP) is 1.93. The van der Waals surface area contributed by atoms with E-state index >= 15 is 0 Å². The second kappa shape index (κ2) is 6.86. The highest BCUT2D eigenvalue weighted by Gasteiger charge is 2.20. The highest BCUT2D eigenvalue weighted by Crippen LogP contribution is 2.26. The van der Waals surface area contributed by atoms with Crippen LogP contribution in [0.2, 0.25) is 0 Å². The molecule has 0 radical (unpaired) electrons. The standard InChI is InChI=1S/C19H19N3O4/c1-12-6-14(8-20-19(12)24)18-21-16-7-13(10-23)2-3-17(16)22(18)9-15-11-25-4-5-26-15/h2-3,6-8,10,15H,4-5,9,11H2,1H3,(H,20,24). The summed E-state index contributed by atoms with van der Waals surface area (Å²) in [7, 11) is 0. The largest absolute Gasteiger partial charge is 0.376 e. The first-order valence-electron chi connectivity index (χ1n) is 8.50. The number of carbonyl (C=O) groups is 1. The number of pyridine rings is 1. The number of H-pyrrole nitrogens is 1. The van der Waals surface area contributed by atoms with Crippen LogP contribution in [-0.2, 0) is 16.0 Å². The van der Waals surface area contributed by atoms with Crippen molar-refractivity contribution in [3.63, 3.8) is 0 Å². The Morgan fingerprint density at radius 1 is 1.35 bits per heavy atom. The van der Waals surface area contributed by atoms with Crippen LogP contribution in [0.4, 0.5) is 0 Å². The van der Waals surface area contributed by atoms with Gasteiger partial charge in [-0.2, -0.15) is 0 Å². The molecule has 1 aromatic carbocycles. The van der Waals surface area contributed by atoms with E-state index in [1.807, 2.05) is 12.1 Å². The van der Waals surface area contributed by atoms with Crippen molar-refractivity contribution < 1.29 is 14.3 Å². The van der Waals surface area contributed by atoms with Crippen molar-refractivity contribution in [3.8, 4) is 11.4 Å². The van der Waals surface area contributed by atoms with Crippen molar-refractivity contribution >= 4 is 17.3 Å². The first kappa shape index (κ1) is 16.7. The molecule has 4 rings (SSSR count). The number of aryl methyl sites for hydroxylation is 1. The molecule has 1 fully saturated rings. The van der Waals surface area contributed by atoms with E-state index in [9.17, 15) is 9.59 Å². The average molecular weight is 353 g/mol. The van der Waals surface area contributed by atoms with Crippen molar-refractivity contribution in [2.24, 2.45) is 0 Å². The van der Waals surface area contributed by atoms with Gasteiger partial charge >= 0.3 is 0 Å². The maximum absolute atomic E-state index is 11.7. The summed E-state index contributed by atoms with van der Waals surface area (Å²) >= 11 is 0. The number of carbonyl (C=O) groups excluding carboxylic acids is 1. The molecule has 1 saturated heterocycles. The topological polar surface area (TPSA) is 86.2 Å². The zero-order valence-electron chi connectivity index (χ0n) is 14.4. The summed E-state index contributed by atoms with van der Waals surface area (Å²) in [6, 6.07) is 7.24. The fourth-order valence-corrected chi connectivity index (χ4v) is 3.20. The molecule has 2 aromatic heterocycles. The smallest absolute Gasteiger partial charge is 0.250 e. The van der Waals surface area contributed by atoms with Gasteiger partial charge in [-0.1, -0.05) is 0 Å². The Labute approximate surface area is 149 Å². The van der Waals surface area contributed by atoms with Crippen LogP contribution in [0.15, 0.2) is 35.3 Å². The molecular weight excluding hydrogens is 334 g/mol. The Balaban J connectivity index is 1.85. The van der Waals surface area contributed by atoms with E-state index in [1.54, 1.807) is 25.3 Å². The number of ether oxygens (including phenoxy) is 2. The summed E-state index contributed by atoms with van der Waals surface area (Å²) in [5, 5.41) is 0. The Hall–Kier alpha value is -2.77. The average Bonchev–Trinajstić information content (AvgIpc) is 3.02. The lowest BCUT2D eigenvalue weighted by Gasteiger charge is -2.24. The molecule has 1 N–H and O–H groups in total. The summed E-state index contributed by atoms with van der Waals surface area (Å²) < 4.78 is 13.4. The second-order valence-electron chi connectivity index (χ2n) is 6.38. The maximum Gasteiger partial charge on any atom is 0.250 e. The number of aromatic nitrogens is 3. The van der Waals surface area contributed by atoms with Gasteiger partial charge in [0.05, 0.1) is 43.5 Å². The Morgan fingerprint density at radius 2 is 2.23 bits per heavy atom. The lowest BCUT2D eigenvalue weighted by Crippen LogP contribution is -2.32. The number of imidazole rings is 1. The van der Waals surface area contributed by atoms with Gasteiger partial charge in [0.2, 0.25) is 0 Å². The second-order valence-corrected chi connectivity index (χ2v) is 6.38. The van der Waals surface area contributed by atoms with Crippen LogP contribution in [0.25, 0.3) is 22.4 Å². The summed E-state index contributed by atoms with van der Waals surface area (Å²) in [6.45, 7) is 4.04. The van der Waals surface area contributed by atoms with Crippen LogP contribution in [0.5, 0.6) is 0 Å². The minimum absolute atomic E-state index is 0.0745. The Morgan fingerprint density at radius 3 is 2.96 bits per heavy atom. The molecule has 1 unspecified atom stereocenters. The zero-order valence-corrected chi connectivity index (χ0v) is 14.4. The maximum atomic E-state index is 11.7. The van der Waals surface area contributed by atoms with Gasteiger partial charge in [0.1, 0.15) is 12.1 Å². The molecule has 0 spiro atoms. The minimum Gasteiger partial charge on any atom is -0.376 e. The van der Waals surface area contributed by atoms with E-state index in [2.05, 4.69) is 9.55 Å². The van der Waals surface area contributed by atoms with E-state index in [0.29, 0.717) is 37.5 Å². The number of rotatable bonds is 4. The number of fused-ring (bicyclic) bond motifs is 1. The Bertz CT molecular complexity index is 1020. The molecule has 134 valence electrons. The van der Waals surface area contributed by atoms with Gasteiger partial charge in [0, 0.05) is 22.9 Å². The van der Waals surface area contributed by atoms with Gasteiger partial charge < -0.3 is 19.0 Å². The Kier molecular flexibility index (Phi) is 4.40. The van der Waals surface area contributed by atoms with Crippen LogP contribution in [0.1, 0.15) is 15.9 Å². The number of hydrogen-bond acceptors (Lipinski definition) is 5. The molecule has 1 aliphatic rings.